The van der Waals surface area contributed by atoms with E-state index in [0.717, 1.165) is 54.6 Å². The van der Waals surface area contributed by atoms with Gasteiger partial charge in [0.1, 0.15) is 5.75 Å². The van der Waals surface area contributed by atoms with Gasteiger partial charge in [0.05, 0.1) is 26.4 Å². The minimum Gasteiger partial charge on any atom is -0.497 e. The van der Waals surface area contributed by atoms with Crippen LogP contribution in [0.4, 0.5) is 0 Å². The number of benzene rings is 1. The number of hydrogen-bond acceptors (Lipinski definition) is 5. The molecule has 0 N–H and O–H groups in total. The van der Waals surface area contributed by atoms with E-state index in [4.69, 9.17) is 26.8 Å². The van der Waals surface area contributed by atoms with Crippen LogP contribution in [0.15, 0.2) is 24.3 Å². The van der Waals surface area contributed by atoms with Crippen LogP contribution in [0.2, 0.25) is 0 Å². The fourth-order valence-electron chi connectivity index (χ4n) is 4.49. The lowest BCUT2D eigenvalue weighted by atomic mass is 9.95. The number of methoxy groups -OCH3 is 1. The van der Waals surface area contributed by atoms with Crippen molar-refractivity contribution in [2.24, 2.45) is 0 Å². The van der Waals surface area contributed by atoms with Gasteiger partial charge in [-0.25, -0.2) is 4.68 Å². The summed E-state index contributed by atoms with van der Waals surface area (Å²) in [4.78, 5) is 2.41. The summed E-state index contributed by atoms with van der Waals surface area (Å²) in [6.45, 7) is 2.33. The first kappa shape index (κ1) is 20.6. The Morgan fingerprint density at radius 1 is 1.14 bits per heavy atom. The summed E-state index contributed by atoms with van der Waals surface area (Å²) in [6, 6.07) is 8.68. The van der Waals surface area contributed by atoms with Gasteiger partial charge in [0, 0.05) is 18.2 Å². The normalized spacial score (nSPS) is 20.4. The number of rotatable bonds is 7. The molecular formula is C22H32N4O2S. The van der Waals surface area contributed by atoms with E-state index in [1.165, 1.54) is 32.1 Å². The third-order valence-corrected chi connectivity index (χ3v) is 6.67. The van der Waals surface area contributed by atoms with Crippen LogP contribution >= 0.6 is 12.2 Å². The lowest BCUT2D eigenvalue weighted by Crippen LogP contribution is -2.35. The standard InChI is InChI=1S/C22H32N4O2S/c1-24(18-7-4-3-5-8-18)16-26-22(29)25(15-20-9-6-14-28-20)21(23-26)17-10-12-19(27-2)13-11-17/h10-13,18,20H,3-9,14-16H2,1-2H3. The van der Waals surface area contributed by atoms with Gasteiger partial charge in [-0.2, -0.15) is 5.10 Å². The van der Waals surface area contributed by atoms with Crippen LogP contribution in [0.5, 0.6) is 5.75 Å². The quantitative estimate of drug-likeness (QED) is 0.622. The number of hydrogen-bond donors (Lipinski definition) is 0. The lowest BCUT2D eigenvalue weighted by molar-refractivity contribution is 0.0964. The molecule has 1 saturated heterocycles. The molecule has 1 unspecified atom stereocenters. The van der Waals surface area contributed by atoms with Crippen molar-refractivity contribution in [2.75, 3.05) is 20.8 Å². The van der Waals surface area contributed by atoms with Crippen LogP contribution in [-0.4, -0.2) is 52.2 Å². The number of aromatic nitrogens is 3. The molecule has 1 saturated carbocycles. The van der Waals surface area contributed by atoms with Gasteiger partial charge >= 0.3 is 0 Å². The molecule has 4 rings (SSSR count). The topological polar surface area (TPSA) is 44.5 Å². The Morgan fingerprint density at radius 2 is 1.90 bits per heavy atom. The molecule has 1 aliphatic heterocycles. The zero-order valence-electron chi connectivity index (χ0n) is 17.5. The Morgan fingerprint density at radius 3 is 2.55 bits per heavy atom. The first-order valence-corrected chi connectivity index (χ1v) is 11.2. The zero-order valence-corrected chi connectivity index (χ0v) is 18.4. The Kier molecular flexibility index (Phi) is 6.67. The Balaban J connectivity index is 1.62. The highest BCUT2D eigenvalue weighted by Crippen LogP contribution is 2.25. The van der Waals surface area contributed by atoms with Crippen molar-refractivity contribution in [3.8, 4) is 17.1 Å². The van der Waals surface area contributed by atoms with Gasteiger partial charge in [0.15, 0.2) is 10.6 Å². The van der Waals surface area contributed by atoms with E-state index in [0.29, 0.717) is 6.04 Å². The molecule has 29 heavy (non-hydrogen) atoms. The highest BCUT2D eigenvalue weighted by Gasteiger charge is 2.23. The first-order valence-electron chi connectivity index (χ1n) is 10.8. The molecule has 1 aromatic carbocycles. The fraction of sp³-hybridized carbons (Fsp3) is 0.636. The van der Waals surface area contributed by atoms with Crippen molar-refractivity contribution in [1.82, 2.24) is 19.2 Å². The SMILES string of the molecule is COc1ccc(-c2nn(CN(C)C3CCCCC3)c(=S)n2CC2CCCO2)cc1. The van der Waals surface area contributed by atoms with Crippen LogP contribution in [-0.2, 0) is 18.0 Å². The van der Waals surface area contributed by atoms with Crippen LogP contribution in [0, 0.1) is 4.77 Å². The van der Waals surface area contributed by atoms with Crippen molar-refractivity contribution >= 4 is 12.2 Å². The predicted octanol–water partition coefficient (Wildman–Crippen LogP) is 4.49. The molecule has 1 aliphatic carbocycles. The molecule has 0 amide bonds. The maximum atomic E-state index is 5.89. The van der Waals surface area contributed by atoms with Gasteiger partial charge in [-0.3, -0.25) is 9.47 Å². The van der Waals surface area contributed by atoms with Crippen molar-refractivity contribution in [2.45, 2.75) is 70.3 Å². The molecule has 7 heteroatoms. The summed E-state index contributed by atoms with van der Waals surface area (Å²) < 4.78 is 16.1. The Labute approximate surface area is 178 Å². The molecule has 1 atom stereocenters. The predicted molar refractivity (Wildman–Crippen MR) is 117 cm³/mol. The largest absolute Gasteiger partial charge is 0.497 e. The van der Waals surface area contributed by atoms with E-state index in [9.17, 15) is 0 Å². The molecule has 2 fully saturated rings. The molecule has 1 aromatic heterocycles. The molecule has 158 valence electrons. The molecule has 0 radical (unpaired) electrons. The van der Waals surface area contributed by atoms with E-state index < -0.39 is 0 Å². The van der Waals surface area contributed by atoms with E-state index >= 15 is 0 Å². The molecule has 2 heterocycles. The summed E-state index contributed by atoms with van der Waals surface area (Å²) in [5.41, 5.74) is 1.05. The van der Waals surface area contributed by atoms with Gasteiger partial charge in [-0.05, 0) is 69.2 Å². The van der Waals surface area contributed by atoms with Crippen molar-refractivity contribution in [3.05, 3.63) is 29.0 Å². The third-order valence-electron chi connectivity index (χ3n) is 6.24. The van der Waals surface area contributed by atoms with Gasteiger partial charge in [-0.15, -0.1) is 0 Å². The van der Waals surface area contributed by atoms with Crippen LogP contribution in [0.3, 0.4) is 0 Å². The van der Waals surface area contributed by atoms with Crippen molar-refractivity contribution in [3.63, 3.8) is 0 Å². The summed E-state index contributed by atoms with van der Waals surface area (Å²) in [6.07, 6.45) is 8.97. The van der Waals surface area contributed by atoms with Gasteiger partial charge in [-0.1, -0.05) is 19.3 Å². The second-order valence-electron chi connectivity index (χ2n) is 8.27. The average molecular weight is 417 g/mol. The second kappa shape index (κ2) is 9.41. The van der Waals surface area contributed by atoms with E-state index in [1.807, 2.05) is 16.8 Å². The average Bonchev–Trinajstić information content (AvgIpc) is 3.38. The molecule has 2 aliphatic rings. The maximum absolute atomic E-state index is 5.89. The highest BCUT2D eigenvalue weighted by molar-refractivity contribution is 7.71. The van der Waals surface area contributed by atoms with Gasteiger partial charge < -0.3 is 9.47 Å². The summed E-state index contributed by atoms with van der Waals surface area (Å²) in [7, 11) is 3.88. The molecular weight excluding hydrogens is 384 g/mol. The molecule has 6 nitrogen and oxygen atoms in total. The molecule has 0 spiro atoms. The van der Waals surface area contributed by atoms with Crippen molar-refractivity contribution < 1.29 is 9.47 Å². The number of ether oxygens (including phenoxy) is 2. The highest BCUT2D eigenvalue weighted by atomic mass is 32.1. The van der Waals surface area contributed by atoms with Crippen LogP contribution in [0.25, 0.3) is 11.4 Å². The van der Waals surface area contributed by atoms with Crippen molar-refractivity contribution in [1.29, 1.82) is 0 Å². The first-order chi connectivity index (χ1) is 14.2. The second-order valence-corrected chi connectivity index (χ2v) is 8.64. The molecule has 0 bridgehead atoms. The van der Waals surface area contributed by atoms with E-state index in [-0.39, 0.29) is 6.10 Å². The fourth-order valence-corrected chi connectivity index (χ4v) is 4.75. The maximum Gasteiger partial charge on any atom is 0.199 e. The molecule has 2 aromatic rings. The van der Waals surface area contributed by atoms with Gasteiger partial charge in [0.25, 0.3) is 0 Å². The summed E-state index contributed by atoms with van der Waals surface area (Å²) in [5, 5.41) is 4.95. The van der Waals surface area contributed by atoms with Crippen LogP contribution < -0.4 is 4.74 Å². The number of nitrogens with zero attached hydrogens (tertiary/aromatic N) is 4. The van der Waals surface area contributed by atoms with E-state index in [1.54, 1.807) is 7.11 Å². The lowest BCUT2D eigenvalue weighted by Gasteiger charge is -2.30. The smallest absolute Gasteiger partial charge is 0.199 e. The third kappa shape index (κ3) is 4.73. The minimum absolute atomic E-state index is 0.215. The zero-order chi connectivity index (χ0) is 20.2. The summed E-state index contributed by atoms with van der Waals surface area (Å²) in [5.74, 6) is 1.75. The summed E-state index contributed by atoms with van der Waals surface area (Å²) >= 11 is 5.87. The van der Waals surface area contributed by atoms with Gasteiger partial charge in [0.2, 0.25) is 0 Å². The van der Waals surface area contributed by atoms with Crippen LogP contribution in [0.1, 0.15) is 44.9 Å². The minimum atomic E-state index is 0.215. The Bertz CT molecular complexity index is 849. The monoisotopic (exact) mass is 416 g/mol. The Hall–Kier alpha value is -1.70. The van der Waals surface area contributed by atoms with E-state index in [2.05, 4.69) is 28.6 Å².